The normalized spacial score (nSPS) is 17.1. The number of amidine groups is 1. The number of halogens is 1. The molecule has 5 heteroatoms. The summed E-state index contributed by atoms with van der Waals surface area (Å²) < 4.78 is 0. The quantitative estimate of drug-likeness (QED) is 0.531. The van der Waals surface area contributed by atoms with E-state index in [4.69, 9.17) is 16.9 Å². The van der Waals surface area contributed by atoms with Gasteiger partial charge in [0.25, 0.3) is 0 Å². The van der Waals surface area contributed by atoms with E-state index in [9.17, 15) is 0 Å². The molecule has 0 N–H and O–H groups in total. The number of hydrogen-bond donors (Lipinski definition) is 0. The minimum atomic E-state index is 0.413. The van der Waals surface area contributed by atoms with Gasteiger partial charge in [0.2, 0.25) is 0 Å². The molecule has 0 aliphatic carbocycles. The van der Waals surface area contributed by atoms with E-state index < -0.39 is 0 Å². The van der Waals surface area contributed by atoms with Crippen LogP contribution in [0.15, 0.2) is 32.4 Å². The standard InChI is InChI=1S/C12H15ClN4/c1-9-4-5-10(13)7-15-12(11(9)6-14)16-8-17(2)3/h7-8H,4-5H2,1-3H3. The highest BCUT2D eigenvalue weighted by molar-refractivity contribution is 6.29. The molecule has 0 saturated heterocycles. The molecule has 0 aromatic rings. The molecule has 0 aromatic heterocycles. The lowest BCUT2D eigenvalue weighted by atomic mass is 10.0. The molecule has 1 rings (SSSR count). The predicted octanol–water partition coefficient (Wildman–Crippen LogP) is 2.69. The molecule has 1 heterocycles. The Morgan fingerprint density at radius 3 is 2.82 bits per heavy atom. The first-order valence-electron chi connectivity index (χ1n) is 5.27. The van der Waals surface area contributed by atoms with Gasteiger partial charge < -0.3 is 4.90 Å². The largest absolute Gasteiger partial charge is 0.369 e. The summed E-state index contributed by atoms with van der Waals surface area (Å²) in [7, 11) is 3.72. The maximum atomic E-state index is 9.15. The van der Waals surface area contributed by atoms with E-state index in [2.05, 4.69) is 16.1 Å². The smallest absolute Gasteiger partial charge is 0.171 e. The summed E-state index contributed by atoms with van der Waals surface area (Å²) in [6, 6.07) is 2.15. The van der Waals surface area contributed by atoms with Crippen molar-refractivity contribution in [2.24, 2.45) is 9.98 Å². The number of nitrogens with zero attached hydrogens (tertiary/aromatic N) is 4. The Morgan fingerprint density at radius 2 is 2.24 bits per heavy atom. The summed E-state index contributed by atoms with van der Waals surface area (Å²) in [5.41, 5.74) is 1.50. The summed E-state index contributed by atoms with van der Waals surface area (Å²) in [5, 5.41) is 9.83. The van der Waals surface area contributed by atoms with Crippen LogP contribution < -0.4 is 0 Å². The van der Waals surface area contributed by atoms with Crippen LogP contribution in [0.3, 0.4) is 0 Å². The predicted molar refractivity (Wildman–Crippen MR) is 71.1 cm³/mol. The lowest BCUT2D eigenvalue weighted by Crippen LogP contribution is -2.11. The molecule has 0 fully saturated rings. The molecular weight excluding hydrogens is 236 g/mol. The first kappa shape index (κ1) is 13.5. The van der Waals surface area contributed by atoms with Gasteiger partial charge in [0.1, 0.15) is 6.07 Å². The van der Waals surface area contributed by atoms with Crippen molar-refractivity contribution in [3.63, 3.8) is 0 Å². The fraction of sp³-hybridized carbons (Fsp3) is 0.417. The molecule has 0 spiro atoms. The van der Waals surface area contributed by atoms with Gasteiger partial charge in [-0.3, -0.25) is 0 Å². The van der Waals surface area contributed by atoms with Gasteiger partial charge in [0.15, 0.2) is 5.84 Å². The van der Waals surface area contributed by atoms with Crippen molar-refractivity contribution in [3.05, 3.63) is 22.4 Å². The van der Waals surface area contributed by atoms with Crippen LogP contribution in [0, 0.1) is 11.3 Å². The number of rotatable bonds is 1. The van der Waals surface area contributed by atoms with Crippen molar-refractivity contribution in [1.82, 2.24) is 4.90 Å². The number of allylic oxidation sites excluding steroid dienone is 2. The fourth-order valence-corrected chi connectivity index (χ4v) is 1.44. The molecule has 1 aliphatic heterocycles. The van der Waals surface area contributed by atoms with Gasteiger partial charge >= 0.3 is 0 Å². The number of nitriles is 1. The van der Waals surface area contributed by atoms with Crippen molar-refractivity contribution in [3.8, 4) is 6.07 Å². The summed E-state index contributed by atoms with van der Waals surface area (Å²) >= 11 is 5.96. The molecule has 0 amide bonds. The minimum absolute atomic E-state index is 0.413. The zero-order chi connectivity index (χ0) is 12.8. The molecular formula is C12H15ClN4. The Hall–Kier alpha value is -1.60. The Bertz CT molecular complexity index is 450. The van der Waals surface area contributed by atoms with E-state index in [1.165, 1.54) is 0 Å². The Labute approximate surface area is 107 Å². The van der Waals surface area contributed by atoms with Crippen LogP contribution in [0.4, 0.5) is 0 Å². The molecule has 4 nitrogen and oxygen atoms in total. The molecule has 0 saturated carbocycles. The van der Waals surface area contributed by atoms with Gasteiger partial charge in [-0.1, -0.05) is 17.2 Å². The third kappa shape index (κ3) is 4.04. The first-order chi connectivity index (χ1) is 8.04. The molecule has 17 heavy (non-hydrogen) atoms. The highest BCUT2D eigenvalue weighted by Gasteiger charge is 2.11. The average Bonchev–Trinajstić information content (AvgIpc) is 2.27. The van der Waals surface area contributed by atoms with Crippen LogP contribution in [-0.4, -0.2) is 31.2 Å². The summed E-state index contributed by atoms with van der Waals surface area (Å²) in [6.45, 7) is 1.91. The second kappa shape index (κ2) is 6.21. The Balaban J connectivity index is 3.17. The summed E-state index contributed by atoms with van der Waals surface area (Å²) in [5.74, 6) is 0.413. The van der Waals surface area contributed by atoms with E-state index in [1.807, 2.05) is 21.0 Å². The maximum absolute atomic E-state index is 9.15. The van der Waals surface area contributed by atoms with E-state index in [0.717, 1.165) is 12.0 Å². The van der Waals surface area contributed by atoms with Crippen molar-refractivity contribution < 1.29 is 0 Å². The van der Waals surface area contributed by atoms with Crippen LogP contribution in [0.25, 0.3) is 0 Å². The lowest BCUT2D eigenvalue weighted by molar-refractivity contribution is 0.644. The van der Waals surface area contributed by atoms with Crippen LogP contribution in [0.1, 0.15) is 19.8 Å². The fourth-order valence-electron chi connectivity index (χ4n) is 1.30. The number of aliphatic imine (C=N–C) groups is 2. The zero-order valence-corrected chi connectivity index (χ0v) is 11.0. The lowest BCUT2D eigenvalue weighted by Gasteiger charge is -2.09. The van der Waals surface area contributed by atoms with Gasteiger partial charge in [-0.05, 0) is 19.8 Å². The van der Waals surface area contributed by atoms with Crippen molar-refractivity contribution >= 4 is 23.8 Å². The molecule has 0 bridgehead atoms. The first-order valence-corrected chi connectivity index (χ1v) is 5.65. The molecule has 0 aromatic carbocycles. The van der Waals surface area contributed by atoms with Gasteiger partial charge in [-0.25, -0.2) is 9.98 Å². The van der Waals surface area contributed by atoms with Gasteiger partial charge in [0.05, 0.1) is 11.9 Å². The molecule has 0 atom stereocenters. The monoisotopic (exact) mass is 250 g/mol. The summed E-state index contributed by atoms with van der Waals surface area (Å²) in [4.78, 5) is 10.1. The van der Waals surface area contributed by atoms with E-state index in [1.54, 1.807) is 17.4 Å². The van der Waals surface area contributed by atoms with Crippen LogP contribution in [0.5, 0.6) is 0 Å². The molecule has 90 valence electrons. The highest BCUT2D eigenvalue weighted by atomic mass is 35.5. The van der Waals surface area contributed by atoms with Crippen LogP contribution in [-0.2, 0) is 0 Å². The second-order valence-electron chi connectivity index (χ2n) is 4.00. The SMILES string of the molecule is CC1=C(C#N)C(N=CN(C)C)=NC=C(Cl)CC1. The van der Waals surface area contributed by atoms with Gasteiger partial charge in [-0.2, -0.15) is 5.26 Å². The van der Waals surface area contributed by atoms with E-state index in [0.29, 0.717) is 22.9 Å². The summed E-state index contributed by atoms with van der Waals surface area (Å²) in [6.07, 6.45) is 4.65. The number of hydrogen-bond acceptors (Lipinski definition) is 3. The zero-order valence-electron chi connectivity index (χ0n) is 10.2. The third-order valence-corrected chi connectivity index (χ3v) is 2.53. The minimum Gasteiger partial charge on any atom is -0.369 e. The molecule has 0 radical (unpaired) electrons. The van der Waals surface area contributed by atoms with Crippen molar-refractivity contribution in [2.75, 3.05) is 14.1 Å². The topological polar surface area (TPSA) is 51.8 Å². The van der Waals surface area contributed by atoms with Crippen molar-refractivity contribution in [1.29, 1.82) is 5.26 Å². The van der Waals surface area contributed by atoms with E-state index in [-0.39, 0.29) is 0 Å². The second-order valence-corrected chi connectivity index (χ2v) is 4.49. The van der Waals surface area contributed by atoms with Gasteiger partial charge in [-0.15, -0.1) is 0 Å². The van der Waals surface area contributed by atoms with E-state index >= 15 is 0 Å². The van der Waals surface area contributed by atoms with Crippen molar-refractivity contribution in [2.45, 2.75) is 19.8 Å². The van der Waals surface area contributed by atoms with Crippen LogP contribution in [0.2, 0.25) is 0 Å². The molecule has 0 unspecified atom stereocenters. The van der Waals surface area contributed by atoms with Crippen LogP contribution >= 0.6 is 11.6 Å². The Kier molecular flexibility index (Phi) is 4.92. The van der Waals surface area contributed by atoms with Gasteiger partial charge in [0, 0.05) is 25.3 Å². The Morgan fingerprint density at radius 1 is 1.53 bits per heavy atom. The highest BCUT2D eigenvalue weighted by Crippen LogP contribution is 2.21. The molecule has 1 aliphatic rings. The average molecular weight is 251 g/mol. The maximum Gasteiger partial charge on any atom is 0.171 e. The third-order valence-electron chi connectivity index (χ3n) is 2.24.